The van der Waals surface area contributed by atoms with Gasteiger partial charge < -0.3 is 19.4 Å². The molecule has 0 radical (unpaired) electrons. The number of ether oxygens (including phenoxy) is 1. The molecule has 3 heterocycles. The molecule has 0 saturated carbocycles. The Hall–Kier alpha value is -2.41. The molecule has 2 aromatic heterocycles. The lowest BCUT2D eigenvalue weighted by atomic mass is 10.2. The molecule has 2 aromatic rings. The van der Waals surface area contributed by atoms with Gasteiger partial charge in [0, 0.05) is 25.3 Å². The van der Waals surface area contributed by atoms with Gasteiger partial charge >= 0.3 is 5.97 Å². The van der Waals surface area contributed by atoms with E-state index >= 15 is 0 Å². The largest absolute Gasteiger partial charge is 0.465 e. The minimum Gasteiger partial charge on any atom is -0.465 e. The number of halogens is 1. The van der Waals surface area contributed by atoms with Crippen LogP contribution in [-0.4, -0.2) is 37.2 Å². The van der Waals surface area contributed by atoms with Crippen LogP contribution in [0.5, 0.6) is 0 Å². The molecule has 1 fully saturated rings. The Morgan fingerprint density at radius 1 is 1.58 bits per heavy atom. The molecule has 1 saturated heterocycles. The van der Waals surface area contributed by atoms with Gasteiger partial charge in [-0.2, -0.15) is 0 Å². The van der Waals surface area contributed by atoms with Crippen LogP contribution < -0.4 is 10.2 Å². The molecule has 1 aliphatic heterocycles. The molecule has 0 spiro atoms. The Kier molecular flexibility index (Phi) is 4.80. The Morgan fingerprint density at radius 3 is 3.17 bits per heavy atom. The zero-order chi connectivity index (χ0) is 17.1. The van der Waals surface area contributed by atoms with Crippen molar-refractivity contribution in [2.45, 2.75) is 25.9 Å². The fraction of sp³-hybridized carbons (Fsp3) is 0.412. The monoisotopic (exact) mass is 333 g/mol. The lowest BCUT2D eigenvalue weighted by Crippen LogP contribution is -2.32. The highest BCUT2D eigenvalue weighted by Gasteiger charge is 2.25. The van der Waals surface area contributed by atoms with E-state index in [9.17, 15) is 9.18 Å². The lowest BCUT2D eigenvalue weighted by Gasteiger charge is -2.18. The van der Waals surface area contributed by atoms with Crippen molar-refractivity contribution >= 4 is 11.8 Å². The average Bonchev–Trinajstić information content (AvgIpc) is 3.19. The van der Waals surface area contributed by atoms with Gasteiger partial charge in [0.2, 0.25) is 0 Å². The summed E-state index contributed by atoms with van der Waals surface area (Å²) in [5, 5.41) is 3.38. The Bertz CT molecular complexity index is 732. The quantitative estimate of drug-likeness (QED) is 0.847. The van der Waals surface area contributed by atoms with E-state index in [0.717, 1.165) is 13.0 Å². The van der Waals surface area contributed by atoms with E-state index in [1.807, 2.05) is 4.90 Å². The van der Waals surface area contributed by atoms with Gasteiger partial charge in [-0.15, -0.1) is 0 Å². The van der Waals surface area contributed by atoms with Gasteiger partial charge in [0.25, 0.3) is 0 Å². The Balaban J connectivity index is 1.57. The zero-order valence-electron chi connectivity index (χ0n) is 13.7. The summed E-state index contributed by atoms with van der Waals surface area (Å²) < 4.78 is 24.1. The van der Waals surface area contributed by atoms with Gasteiger partial charge in [0.15, 0.2) is 11.6 Å². The van der Waals surface area contributed by atoms with Gasteiger partial charge in [-0.05, 0) is 31.5 Å². The van der Waals surface area contributed by atoms with Gasteiger partial charge in [0.1, 0.15) is 17.1 Å². The second kappa shape index (κ2) is 7.00. The van der Waals surface area contributed by atoms with Crippen molar-refractivity contribution in [1.29, 1.82) is 0 Å². The molecule has 0 aliphatic carbocycles. The molecular formula is C17H20FN3O3. The molecule has 24 heavy (non-hydrogen) atoms. The highest BCUT2D eigenvalue weighted by Crippen LogP contribution is 2.21. The van der Waals surface area contributed by atoms with E-state index in [2.05, 4.69) is 10.3 Å². The van der Waals surface area contributed by atoms with Crippen LogP contribution in [0.4, 0.5) is 10.2 Å². The van der Waals surface area contributed by atoms with Crippen molar-refractivity contribution in [3.8, 4) is 0 Å². The Morgan fingerprint density at radius 2 is 2.42 bits per heavy atom. The first kappa shape index (κ1) is 16.4. The predicted octanol–water partition coefficient (Wildman–Crippen LogP) is 2.28. The van der Waals surface area contributed by atoms with E-state index in [1.54, 1.807) is 25.3 Å². The first-order chi connectivity index (χ1) is 11.6. The molecule has 0 amide bonds. The number of hydrogen-bond donors (Lipinski definition) is 1. The number of aromatic nitrogens is 1. The van der Waals surface area contributed by atoms with Crippen LogP contribution in [0.15, 0.2) is 28.8 Å². The summed E-state index contributed by atoms with van der Waals surface area (Å²) in [7, 11) is 1.34. The zero-order valence-corrected chi connectivity index (χ0v) is 13.7. The highest BCUT2D eigenvalue weighted by molar-refractivity contribution is 5.90. The van der Waals surface area contributed by atoms with Crippen LogP contribution >= 0.6 is 0 Å². The second-order valence-corrected chi connectivity index (χ2v) is 5.80. The minimum absolute atomic E-state index is 0.207. The minimum atomic E-state index is -0.403. The molecule has 0 unspecified atom stereocenters. The molecule has 1 aliphatic rings. The van der Waals surface area contributed by atoms with Crippen molar-refractivity contribution in [3.63, 3.8) is 0 Å². The van der Waals surface area contributed by atoms with E-state index < -0.39 is 5.97 Å². The number of furan rings is 1. The third kappa shape index (κ3) is 3.41. The van der Waals surface area contributed by atoms with Crippen molar-refractivity contribution in [3.05, 3.63) is 47.3 Å². The standard InChI is InChI=1S/C17H20FN3O3/c1-11-14(17(22)23-2)8-13(24-11)9-20-12-5-7-21(10-12)16-15(18)4-3-6-19-16/h3-4,6,8,12,20H,5,7,9-10H2,1-2H3/t12-/m0/s1. The van der Waals surface area contributed by atoms with Gasteiger partial charge in [-0.3, -0.25) is 0 Å². The predicted molar refractivity (Wildman–Crippen MR) is 86.4 cm³/mol. The average molecular weight is 333 g/mol. The summed E-state index contributed by atoms with van der Waals surface area (Å²) in [6.45, 7) is 3.66. The highest BCUT2D eigenvalue weighted by atomic mass is 19.1. The first-order valence-corrected chi connectivity index (χ1v) is 7.85. The second-order valence-electron chi connectivity index (χ2n) is 5.80. The van der Waals surface area contributed by atoms with Crippen LogP contribution in [0.2, 0.25) is 0 Å². The molecule has 7 heteroatoms. The van der Waals surface area contributed by atoms with E-state index in [-0.39, 0.29) is 11.9 Å². The van der Waals surface area contributed by atoms with Gasteiger partial charge in [0.05, 0.1) is 13.7 Å². The number of aryl methyl sites for hydroxylation is 1. The SMILES string of the molecule is COC(=O)c1cc(CN[C@H]2CCN(c3ncccc3F)C2)oc1C. The van der Waals surface area contributed by atoms with E-state index in [4.69, 9.17) is 9.15 Å². The van der Waals surface area contributed by atoms with Gasteiger partial charge in [-0.25, -0.2) is 14.2 Å². The summed E-state index contributed by atoms with van der Waals surface area (Å²) in [6, 6.07) is 4.91. The number of rotatable bonds is 5. The number of nitrogens with one attached hydrogen (secondary N) is 1. The third-order valence-corrected chi connectivity index (χ3v) is 4.17. The maximum Gasteiger partial charge on any atom is 0.341 e. The van der Waals surface area contributed by atoms with Crippen LogP contribution in [0.3, 0.4) is 0 Å². The fourth-order valence-corrected chi connectivity index (χ4v) is 2.92. The van der Waals surface area contributed by atoms with E-state index in [1.165, 1.54) is 13.2 Å². The number of pyridine rings is 1. The van der Waals surface area contributed by atoms with Crippen LogP contribution in [-0.2, 0) is 11.3 Å². The number of esters is 1. The van der Waals surface area contributed by atoms with Crippen molar-refractivity contribution < 1.29 is 18.3 Å². The summed E-state index contributed by atoms with van der Waals surface area (Å²) in [4.78, 5) is 17.6. The maximum atomic E-state index is 13.8. The van der Waals surface area contributed by atoms with Crippen molar-refractivity contribution in [2.75, 3.05) is 25.1 Å². The Labute approximate surface area is 139 Å². The molecule has 1 atom stereocenters. The van der Waals surface area contributed by atoms with Gasteiger partial charge in [-0.1, -0.05) is 0 Å². The van der Waals surface area contributed by atoms with Crippen LogP contribution in [0.25, 0.3) is 0 Å². The van der Waals surface area contributed by atoms with Crippen molar-refractivity contribution in [2.24, 2.45) is 0 Å². The smallest absolute Gasteiger partial charge is 0.341 e. The summed E-state index contributed by atoms with van der Waals surface area (Å²) in [6.07, 6.45) is 2.48. The number of methoxy groups -OCH3 is 1. The summed E-state index contributed by atoms with van der Waals surface area (Å²) >= 11 is 0. The number of anilines is 1. The van der Waals surface area contributed by atoms with Crippen molar-refractivity contribution in [1.82, 2.24) is 10.3 Å². The number of nitrogens with zero attached hydrogens (tertiary/aromatic N) is 2. The molecule has 0 bridgehead atoms. The van der Waals surface area contributed by atoms with Crippen LogP contribution in [0, 0.1) is 12.7 Å². The molecule has 0 aromatic carbocycles. The molecule has 3 rings (SSSR count). The van der Waals surface area contributed by atoms with Crippen LogP contribution in [0.1, 0.15) is 28.3 Å². The maximum absolute atomic E-state index is 13.8. The first-order valence-electron chi connectivity index (χ1n) is 7.85. The molecule has 1 N–H and O–H groups in total. The molecule has 128 valence electrons. The number of carbonyl (C=O) groups is 1. The summed E-state index contributed by atoms with van der Waals surface area (Å²) in [5.41, 5.74) is 0.443. The fourth-order valence-electron chi connectivity index (χ4n) is 2.92. The normalized spacial score (nSPS) is 17.3. The molecule has 6 nitrogen and oxygen atoms in total. The topological polar surface area (TPSA) is 67.6 Å². The molecular weight excluding hydrogens is 313 g/mol. The number of hydrogen-bond acceptors (Lipinski definition) is 6. The third-order valence-electron chi connectivity index (χ3n) is 4.17. The lowest BCUT2D eigenvalue weighted by molar-refractivity contribution is 0.0599. The number of carbonyl (C=O) groups excluding carboxylic acids is 1. The van der Waals surface area contributed by atoms with E-state index in [0.29, 0.717) is 36.0 Å². The summed E-state index contributed by atoms with van der Waals surface area (Å²) in [5.74, 6) is 0.906.